The summed E-state index contributed by atoms with van der Waals surface area (Å²) in [5.74, 6) is 0.863. The van der Waals surface area contributed by atoms with Crippen LogP contribution >= 0.6 is 0 Å². The molecular formula is C23H33N5. The summed E-state index contributed by atoms with van der Waals surface area (Å²) in [6.07, 6.45) is 1.10. The van der Waals surface area contributed by atoms with Crippen molar-refractivity contribution in [3.63, 3.8) is 0 Å². The van der Waals surface area contributed by atoms with Crippen molar-refractivity contribution >= 4 is 5.96 Å². The van der Waals surface area contributed by atoms with E-state index in [1.54, 1.807) is 0 Å². The lowest BCUT2D eigenvalue weighted by Gasteiger charge is -2.40. The topological polar surface area (TPSA) is 42.9 Å². The maximum Gasteiger partial charge on any atom is 0.191 e. The summed E-state index contributed by atoms with van der Waals surface area (Å²) in [6, 6.07) is 21.8. The van der Waals surface area contributed by atoms with Crippen LogP contribution in [0.4, 0.5) is 0 Å². The summed E-state index contributed by atoms with van der Waals surface area (Å²) in [5, 5.41) is 6.83. The predicted octanol–water partition coefficient (Wildman–Crippen LogP) is 2.73. The first-order valence-electron chi connectivity index (χ1n) is 10.2. The monoisotopic (exact) mass is 379 g/mol. The molecule has 0 bridgehead atoms. The van der Waals surface area contributed by atoms with Crippen LogP contribution in [0.15, 0.2) is 65.7 Å². The summed E-state index contributed by atoms with van der Waals surface area (Å²) < 4.78 is 0. The molecule has 1 atom stereocenters. The molecule has 0 radical (unpaired) electrons. The van der Waals surface area contributed by atoms with Crippen molar-refractivity contribution in [2.24, 2.45) is 4.99 Å². The van der Waals surface area contributed by atoms with Crippen molar-refractivity contribution in [1.82, 2.24) is 20.4 Å². The fraction of sp³-hybridized carbons (Fsp3) is 0.435. The fourth-order valence-corrected chi connectivity index (χ4v) is 3.71. The molecule has 1 fully saturated rings. The number of rotatable bonds is 7. The zero-order chi connectivity index (χ0) is 19.6. The largest absolute Gasteiger partial charge is 0.356 e. The van der Waals surface area contributed by atoms with E-state index in [4.69, 9.17) is 0 Å². The Morgan fingerprint density at radius 3 is 2.43 bits per heavy atom. The quantitative estimate of drug-likeness (QED) is 0.441. The Bertz CT molecular complexity index is 716. The molecule has 28 heavy (non-hydrogen) atoms. The summed E-state index contributed by atoms with van der Waals surface area (Å²) in [7, 11) is 4.05. The average Bonchev–Trinajstić information content (AvgIpc) is 2.75. The van der Waals surface area contributed by atoms with Crippen LogP contribution in [0.25, 0.3) is 0 Å². The van der Waals surface area contributed by atoms with Gasteiger partial charge in [-0.15, -0.1) is 0 Å². The number of likely N-dealkylation sites (N-methyl/N-ethyl adjacent to an activating group) is 1. The van der Waals surface area contributed by atoms with Crippen molar-refractivity contribution in [1.29, 1.82) is 0 Å². The Kier molecular flexibility index (Phi) is 7.88. The molecule has 2 N–H and O–H groups in total. The molecule has 5 nitrogen and oxygen atoms in total. The highest BCUT2D eigenvalue weighted by Crippen LogP contribution is 2.24. The number of aliphatic imine (C=N–C) groups is 1. The second kappa shape index (κ2) is 10.8. The first-order valence-corrected chi connectivity index (χ1v) is 10.2. The minimum Gasteiger partial charge on any atom is -0.356 e. The normalized spacial score (nSPS) is 18.8. The van der Waals surface area contributed by atoms with Gasteiger partial charge in [-0.2, -0.15) is 0 Å². The molecule has 2 aromatic carbocycles. The van der Waals surface area contributed by atoms with Gasteiger partial charge in [-0.3, -0.25) is 9.89 Å². The molecule has 0 amide bonds. The van der Waals surface area contributed by atoms with Gasteiger partial charge in [0, 0.05) is 52.4 Å². The van der Waals surface area contributed by atoms with E-state index >= 15 is 0 Å². The Balaban J connectivity index is 1.44. The molecule has 1 saturated heterocycles. The Morgan fingerprint density at radius 1 is 1.00 bits per heavy atom. The lowest BCUT2D eigenvalue weighted by molar-refractivity contribution is 0.0891. The third kappa shape index (κ3) is 6.08. The fourth-order valence-electron chi connectivity index (χ4n) is 3.71. The third-order valence-corrected chi connectivity index (χ3v) is 5.32. The van der Waals surface area contributed by atoms with Crippen LogP contribution in [-0.2, 0) is 6.54 Å². The molecule has 3 rings (SSSR count). The molecule has 0 spiro atoms. The second-order valence-electron chi connectivity index (χ2n) is 7.42. The molecule has 0 aromatic heterocycles. The molecular weight excluding hydrogens is 346 g/mol. The molecule has 1 aliphatic rings. The highest BCUT2D eigenvalue weighted by atomic mass is 15.3. The van der Waals surface area contributed by atoms with Crippen molar-refractivity contribution in [3.8, 4) is 0 Å². The molecule has 1 unspecified atom stereocenters. The lowest BCUT2D eigenvalue weighted by Crippen LogP contribution is -2.47. The molecule has 1 heterocycles. The first-order chi connectivity index (χ1) is 13.8. The number of nitrogens with one attached hydrogen (secondary N) is 2. The van der Waals surface area contributed by atoms with E-state index in [1.165, 1.54) is 11.1 Å². The van der Waals surface area contributed by atoms with E-state index in [1.807, 2.05) is 13.1 Å². The minimum atomic E-state index is 0.482. The third-order valence-electron chi connectivity index (χ3n) is 5.32. The van der Waals surface area contributed by atoms with Crippen molar-refractivity contribution in [3.05, 3.63) is 71.8 Å². The highest BCUT2D eigenvalue weighted by molar-refractivity contribution is 5.79. The standard InChI is InChI=1S/C23H33N5/c1-24-23(26-18-20-10-5-3-6-11-20)25-14-9-15-28-17-16-27(2)19-22(28)21-12-7-4-8-13-21/h3-8,10-13,22H,9,14-19H2,1-2H3,(H2,24,25,26). The van der Waals surface area contributed by atoms with Crippen molar-refractivity contribution in [2.45, 2.75) is 19.0 Å². The zero-order valence-corrected chi connectivity index (χ0v) is 17.1. The summed E-state index contributed by atoms with van der Waals surface area (Å²) in [5.41, 5.74) is 2.68. The molecule has 150 valence electrons. The van der Waals surface area contributed by atoms with Crippen LogP contribution < -0.4 is 10.6 Å². The van der Waals surface area contributed by atoms with E-state index in [9.17, 15) is 0 Å². The van der Waals surface area contributed by atoms with E-state index in [0.29, 0.717) is 6.04 Å². The van der Waals surface area contributed by atoms with E-state index in [-0.39, 0.29) is 0 Å². The number of hydrogen-bond acceptors (Lipinski definition) is 3. The Labute approximate surface area is 169 Å². The molecule has 2 aromatic rings. The van der Waals surface area contributed by atoms with Crippen LogP contribution in [-0.4, -0.2) is 62.6 Å². The number of nitrogens with zero attached hydrogens (tertiary/aromatic N) is 3. The van der Waals surface area contributed by atoms with Gasteiger partial charge < -0.3 is 15.5 Å². The summed E-state index contributed by atoms with van der Waals surface area (Å²) in [4.78, 5) is 9.39. The highest BCUT2D eigenvalue weighted by Gasteiger charge is 2.25. The zero-order valence-electron chi connectivity index (χ0n) is 17.1. The van der Waals surface area contributed by atoms with Crippen LogP contribution in [0.3, 0.4) is 0 Å². The Hall–Kier alpha value is -2.37. The SMILES string of the molecule is CN=C(NCCCN1CCN(C)CC1c1ccccc1)NCc1ccccc1. The average molecular weight is 380 g/mol. The maximum absolute atomic E-state index is 4.33. The van der Waals surface area contributed by atoms with Crippen molar-refractivity contribution in [2.75, 3.05) is 46.8 Å². The van der Waals surface area contributed by atoms with Gasteiger partial charge in [-0.05, 0) is 24.6 Å². The number of hydrogen-bond donors (Lipinski definition) is 2. The summed E-state index contributed by atoms with van der Waals surface area (Å²) >= 11 is 0. The predicted molar refractivity (Wildman–Crippen MR) is 118 cm³/mol. The van der Waals surface area contributed by atoms with Crippen LogP contribution in [0.2, 0.25) is 0 Å². The van der Waals surface area contributed by atoms with Gasteiger partial charge in [0.15, 0.2) is 5.96 Å². The number of benzene rings is 2. The van der Waals surface area contributed by atoms with Gasteiger partial charge >= 0.3 is 0 Å². The first kappa shape index (κ1) is 20.4. The number of piperazine rings is 1. The number of guanidine groups is 1. The van der Waals surface area contributed by atoms with E-state index in [2.05, 4.69) is 87.1 Å². The van der Waals surface area contributed by atoms with Gasteiger partial charge in [0.25, 0.3) is 0 Å². The molecule has 0 aliphatic carbocycles. The molecule has 0 saturated carbocycles. The Morgan fingerprint density at radius 2 is 1.71 bits per heavy atom. The van der Waals surface area contributed by atoms with Crippen LogP contribution in [0, 0.1) is 0 Å². The summed E-state index contributed by atoms with van der Waals surface area (Å²) in [6.45, 7) is 6.15. The van der Waals surface area contributed by atoms with Gasteiger partial charge in [0.05, 0.1) is 0 Å². The van der Waals surface area contributed by atoms with Crippen LogP contribution in [0.1, 0.15) is 23.6 Å². The smallest absolute Gasteiger partial charge is 0.191 e. The van der Waals surface area contributed by atoms with Gasteiger partial charge in [0.1, 0.15) is 0 Å². The van der Waals surface area contributed by atoms with Crippen molar-refractivity contribution < 1.29 is 0 Å². The van der Waals surface area contributed by atoms with E-state index < -0.39 is 0 Å². The minimum absolute atomic E-state index is 0.482. The molecule has 5 heteroatoms. The lowest BCUT2D eigenvalue weighted by atomic mass is 10.0. The van der Waals surface area contributed by atoms with E-state index in [0.717, 1.165) is 51.6 Å². The van der Waals surface area contributed by atoms with Crippen LogP contribution in [0.5, 0.6) is 0 Å². The second-order valence-corrected chi connectivity index (χ2v) is 7.42. The molecule has 1 aliphatic heterocycles. The maximum atomic E-state index is 4.33. The van der Waals surface area contributed by atoms with Gasteiger partial charge in [-0.25, -0.2) is 0 Å². The van der Waals surface area contributed by atoms with Gasteiger partial charge in [0.2, 0.25) is 0 Å². The van der Waals surface area contributed by atoms with Gasteiger partial charge in [-0.1, -0.05) is 60.7 Å².